The van der Waals surface area contributed by atoms with Crippen molar-refractivity contribution in [2.75, 3.05) is 36.1 Å². The van der Waals surface area contributed by atoms with E-state index < -0.39 is 0 Å². The van der Waals surface area contributed by atoms with E-state index >= 15 is 0 Å². The molecule has 0 radical (unpaired) electrons. The second-order valence-electron chi connectivity index (χ2n) is 4.07. The molecule has 0 atom stereocenters. The topological polar surface area (TPSA) is 42.4 Å². The lowest BCUT2D eigenvalue weighted by Gasteiger charge is -2.18. The maximum atomic E-state index is 11.7. The van der Waals surface area contributed by atoms with Crippen molar-refractivity contribution in [2.45, 2.75) is 20.3 Å². The second kappa shape index (κ2) is 6.43. The first kappa shape index (κ1) is 13.7. The smallest absolute Gasteiger partial charge is 0.358 e. The van der Waals surface area contributed by atoms with Crippen molar-refractivity contribution in [3.8, 4) is 0 Å². The molecule has 0 aromatic carbocycles. The van der Waals surface area contributed by atoms with Gasteiger partial charge in [-0.2, -0.15) is 11.8 Å². The third kappa shape index (κ3) is 3.17. The lowest BCUT2D eigenvalue weighted by atomic mass is 10.4. The molecule has 0 bridgehead atoms. The van der Waals surface area contributed by atoms with Crippen LogP contribution in [-0.4, -0.2) is 42.2 Å². The summed E-state index contributed by atoms with van der Waals surface area (Å²) in [6, 6.07) is 0. The summed E-state index contributed by atoms with van der Waals surface area (Å²) >= 11 is 3.57. The molecule has 6 heteroatoms. The van der Waals surface area contributed by atoms with E-state index in [4.69, 9.17) is 4.74 Å². The molecule has 1 aliphatic rings. The van der Waals surface area contributed by atoms with E-state index in [-0.39, 0.29) is 5.97 Å². The zero-order valence-electron chi connectivity index (χ0n) is 10.8. The first-order valence-electron chi connectivity index (χ1n) is 6.19. The molecule has 0 N–H and O–H groups in total. The Morgan fingerprint density at radius 2 is 2.28 bits per heavy atom. The predicted molar refractivity (Wildman–Crippen MR) is 77.0 cm³/mol. The molecule has 1 fully saturated rings. The van der Waals surface area contributed by atoms with E-state index in [0.717, 1.165) is 28.9 Å². The summed E-state index contributed by atoms with van der Waals surface area (Å²) < 4.78 is 5.02. The number of carbonyl (C=O) groups excluding carboxylic acids is 1. The Bertz CT molecular complexity index is 412. The summed E-state index contributed by atoms with van der Waals surface area (Å²) in [5, 5.41) is 0.957. The largest absolute Gasteiger partial charge is 0.461 e. The Kier molecular flexibility index (Phi) is 4.88. The summed E-state index contributed by atoms with van der Waals surface area (Å²) in [6.45, 7) is 6.18. The lowest BCUT2D eigenvalue weighted by Crippen LogP contribution is -2.25. The molecule has 0 saturated carbocycles. The van der Waals surface area contributed by atoms with Crippen LogP contribution >= 0.6 is 23.1 Å². The third-order valence-electron chi connectivity index (χ3n) is 2.75. The highest BCUT2D eigenvalue weighted by Gasteiger charge is 2.20. The van der Waals surface area contributed by atoms with Crippen LogP contribution in [0.3, 0.4) is 0 Å². The highest BCUT2D eigenvalue weighted by atomic mass is 32.2. The minimum absolute atomic E-state index is 0.304. The van der Waals surface area contributed by atoms with Crippen molar-refractivity contribution in [3.05, 3.63) is 10.6 Å². The van der Waals surface area contributed by atoms with Crippen LogP contribution in [0.5, 0.6) is 0 Å². The van der Waals surface area contributed by atoms with Gasteiger partial charge in [-0.05, 0) is 26.0 Å². The summed E-state index contributed by atoms with van der Waals surface area (Å²) in [5.41, 5.74) is 0.480. The minimum Gasteiger partial charge on any atom is -0.461 e. The molecular formula is C12H18N2O2S2. The van der Waals surface area contributed by atoms with E-state index in [1.165, 1.54) is 12.2 Å². The second-order valence-corrected chi connectivity index (χ2v) is 6.48. The summed E-state index contributed by atoms with van der Waals surface area (Å²) in [4.78, 5) is 19.4. The fourth-order valence-corrected chi connectivity index (χ4v) is 3.68. The van der Waals surface area contributed by atoms with E-state index in [1.807, 2.05) is 25.6 Å². The summed E-state index contributed by atoms with van der Waals surface area (Å²) in [7, 11) is 0. The van der Waals surface area contributed by atoms with Crippen molar-refractivity contribution in [1.82, 2.24) is 4.98 Å². The zero-order valence-corrected chi connectivity index (χ0v) is 12.4. The molecule has 1 saturated heterocycles. The van der Waals surface area contributed by atoms with Gasteiger partial charge in [-0.25, -0.2) is 9.78 Å². The Hall–Kier alpha value is -0.750. The van der Waals surface area contributed by atoms with Crippen LogP contribution < -0.4 is 4.90 Å². The van der Waals surface area contributed by atoms with Gasteiger partial charge in [0.05, 0.1) is 6.61 Å². The number of esters is 1. The van der Waals surface area contributed by atoms with Crippen molar-refractivity contribution in [1.29, 1.82) is 0 Å². The Balaban J connectivity index is 2.14. The number of hydrogen-bond donors (Lipinski definition) is 0. The zero-order chi connectivity index (χ0) is 13.0. The molecule has 2 heterocycles. The number of thioether (sulfide) groups is 1. The third-order valence-corrected chi connectivity index (χ3v) is 4.83. The number of rotatable bonds is 3. The molecule has 4 nitrogen and oxygen atoms in total. The number of anilines is 1. The number of aryl methyl sites for hydroxylation is 1. The maximum absolute atomic E-state index is 11.7. The number of nitrogens with zero attached hydrogens (tertiary/aromatic N) is 2. The summed E-state index contributed by atoms with van der Waals surface area (Å²) in [5.74, 6) is 2.04. The SMILES string of the molecule is CCOC(=O)c1nc(N2CCCSCC2)sc1C. The maximum Gasteiger partial charge on any atom is 0.358 e. The van der Waals surface area contributed by atoms with Gasteiger partial charge in [0.1, 0.15) is 0 Å². The fraction of sp³-hybridized carbons (Fsp3) is 0.667. The van der Waals surface area contributed by atoms with Crippen molar-refractivity contribution < 1.29 is 9.53 Å². The van der Waals surface area contributed by atoms with Crippen LogP contribution in [-0.2, 0) is 4.74 Å². The van der Waals surface area contributed by atoms with Crippen LogP contribution in [0.15, 0.2) is 0 Å². The van der Waals surface area contributed by atoms with Gasteiger partial charge in [-0.1, -0.05) is 0 Å². The first-order chi connectivity index (χ1) is 8.72. The molecule has 0 amide bonds. The standard InChI is InChI=1S/C12H18N2O2S2/c1-3-16-11(15)10-9(2)18-12(13-10)14-5-4-7-17-8-6-14/h3-8H2,1-2H3. The van der Waals surface area contributed by atoms with Crippen molar-refractivity contribution in [2.24, 2.45) is 0 Å². The van der Waals surface area contributed by atoms with Crippen LogP contribution in [0.1, 0.15) is 28.7 Å². The van der Waals surface area contributed by atoms with Gasteiger partial charge in [0, 0.05) is 23.7 Å². The first-order valence-corrected chi connectivity index (χ1v) is 8.16. The highest BCUT2D eigenvalue weighted by Crippen LogP contribution is 2.27. The van der Waals surface area contributed by atoms with E-state index in [1.54, 1.807) is 11.3 Å². The molecule has 100 valence electrons. The molecule has 0 aliphatic carbocycles. The number of ether oxygens (including phenoxy) is 1. The van der Waals surface area contributed by atoms with Crippen LogP contribution in [0.4, 0.5) is 5.13 Å². The number of thiazole rings is 1. The van der Waals surface area contributed by atoms with Gasteiger partial charge < -0.3 is 9.64 Å². The molecule has 18 heavy (non-hydrogen) atoms. The number of hydrogen-bond acceptors (Lipinski definition) is 6. The molecule has 0 spiro atoms. The normalized spacial score (nSPS) is 16.4. The Labute approximate surface area is 116 Å². The minimum atomic E-state index is -0.304. The van der Waals surface area contributed by atoms with Gasteiger partial charge in [0.15, 0.2) is 10.8 Å². The quantitative estimate of drug-likeness (QED) is 0.799. The molecular weight excluding hydrogens is 268 g/mol. The lowest BCUT2D eigenvalue weighted by molar-refractivity contribution is 0.0519. The average molecular weight is 286 g/mol. The van der Waals surface area contributed by atoms with Crippen LogP contribution in [0.25, 0.3) is 0 Å². The fourth-order valence-electron chi connectivity index (χ4n) is 1.84. The molecule has 2 rings (SSSR count). The molecule has 1 aromatic rings. The van der Waals surface area contributed by atoms with Gasteiger partial charge >= 0.3 is 5.97 Å². The van der Waals surface area contributed by atoms with E-state index in [2.05, 4.69) is 9.88 Å². The summed E-state index contributed by atoms with van der Waals surface area (Å²) in [6.07, 6.45) is 1.18. The predicted octanol–water partition coefficient (Wildman–Crippen LogP) is 2.57. The monoisotopic (exact) mass is 286 g/mol. The highest BCUT2D eigenvalue weighted by molar-refractivity contribution is 7.99. The van der Waals surface area contributed by atoms with Crippen LogP contribution in [0, 0.1) is 6.92 Å². The van der Waals surface area contributed by atoms with Gasteiger partial charge in [0.2, 0.25) is 0 Å². The molecule has 1 aromatic heterocycles. The van der Waals surface area contributed by atoms with Gasteiger partial charge in [-0.3, -0.25) is 0 Å². The Morgan fingerprint density at radius 1 is 1.44 bits per heavy atom. The molecule has 0 unspecified atom stereocenters. The Morgan fingerprint density at radius 3 is 3.06 bits per heavy atom. The van der Waals surface area contributed by atoms with E-state index in [9.17, 15) is 4.79 Å². The van der Waals surface area contributed by atoms with Crippen LogP contribution in [0.2, 0.25) is 0 Å². The van der Waals surface area contributed by atoms with Gasteiger partial charge in [0.25, 0.3) is 0 Å². The van der Waals surface area contributed by atoms with E-state index in [0.29, 0.717) is 12.3 Å². The van der Waals surface area contributed by atoms with Crippen molar-refractivity contribution in [3.63, 3.8) is 0 Å². The molecule has 1 aliphatic heterocycles. The van der Waals surface area contributed by atoms with Crippen molar-refractivity contribution >= 4 is 34.2 Å². The number of carbonyl (C=O) groups is 1. The average Bonchev–Trinajstić information content (AvgIpc) is 2.58. The van der Waals surface area contributed by atoms with Gasteiger partial charge in [-0.15, -0.1) is 11.3 Å². The number of aromatic nitrogens is 1.